The number of piperidine rings is 1. The van der Waals surface area contributed by atoms with Crippen molar-refractivity contribution < 1.29 is 9.59 Å². The summed E-state index contributed by atoms with van der Waals surface area (Å²) in [6.07, 6.45) is 3.62. The maximum absolute atomic E-state index is 12.5. The Morgan fingerprint density at radius 2 is 1.97 bits per heavy atom. The number of hydrogen-bond donors (Lipinski definition) is 2. The Hall–Kier alpha value is -2.13. The summed E-state index contributed by atoms with van der Waals surface area (Å²) in [5, 5.41) is 15.3. The predicted octanol–water partition coefficient (Wildman–Crippen LogP) is 3.72. The van der Waals surface area contributed by atoms with Gasteiger partial charge in [-0.2, -0.15) is 0 Å². The van der Waals surface area contributed by atoms with Crippen molar-refractivity contribution in [1.82, 2.24) is 15.1 Å². The largest absolute Gasteiger partial charge is 0.360 e. The van der Waals surface area contributed by atoms with E-state index in [1.807, 2.05) is 35.2 Å². The van der Waals surface area contributed by atoms with E-state index in [0.29, 0.717) is 31.7 Å². The van der Waals surface area contributed by atoms with E-state index >= 15 is 0 Å². The molecule has 0 radical (unpaired) electrons. The first kappa shape index (κ1) is 21.6. The second kappa shape index (κ2) is 11.2. The third kappa shape index (κ3) is 6.71. The maximum Gasteiger partial charge on any atom is 0.233 e. The van der Waals surface area contributed by atoms with Gasteiger partial charge in [0.1, 0.15) is 0 Å². The highest BCUT2D eigenvalue weighted by atomic mass is 32.2. The van der Waals surface area contributed by atoms with E-state index in [1.165, 1.54) is 23.1 Å². The number of thioether (sulfide) groups is 1. The Labute approximate surface area is 179 Å². The highest BCUT2D eigenvalue weighted by Crippen LogP contribution is 2.26. The van der Waals surface area contributed by atoms with Crippen molar-refractivity contribution in [2.24, 2.45) is 5.92 Å². The molecule has 0 atom stereocenters. The maximum atomic E-state index is 12.5. The Bertz CT molecular complexity index is 791. The highest BCUT2D eigenvalue weighted by molar-refractivity contribution is 8.01. The molecule has 0 bridgehead atoms. The molecule has 2 amide bonds. The van der Waals surface area contributed by atoms with E-state index in [9.17, 15) is 9.59 Å². The zero-order valence-electron chi connectivity index (χ0n) is 16.6. The molecule has 3 rings (SSSR count). The Morgan fingerprint density at radius 1 is 1.21 bits per heavy atom. The van der Waals surface area contributed by atoms with Gasteiger partial charge in [0, 0.05) is 31.2 Å². The second-order valence-corrected chi connectivity index (χ2v) is 9.15. The molecule has 156 valence electrons. The molecule has 0 aliphatic carbocycles. The fraction of sp³-hybridized carbons (Fsp3) is 0.500. The molecule has 1 aromatic heterocycles. The van der Waals surface area contributed by atoms with Crippen LogP contribution in [0, 0.1) is 5.92 Å². The lowest BCUT2D eigenvalue weighted by atomic mass is 9.96. The lowest BCUT2D eigenvalue weighted by Gasteiger charge is -2.31. The van der Waals surface area contributed by atoms with E-state index in [-0.39, 0.29) is 17.7 Å². The first-order valence-corrected chi connectivity index (χ1v) is 11.8. The molecular weight excluding hydrogens is 406 g/mol. The van der Waals surface area contributed by atoms with Gasteiger partial charge in [-0.3, -0.25) is 9.59 Å². The Morgan fingerprint density at radius 3 is 2.69 bits per heavy atom. The molecule has 2 N–H and O–H groups in total. The minimum atomic E-state index is -0.0492. The molecule has 1 aliphatic rings. The molecule has 29 heavy (non-hydrogen) atoms. The van der Waals surface area contributed by atoms with E-state index in [0.717, 1.165) is 34.5 Å². The van der Waals surface area contributed by atoms with Crippen LogP contribution in [-0.4, -0.2) is 52.3 Å². The summed E-state index contributed by atoms with van der Waals surface area (Å²) in [6, 6.07) is 9.48. The van der Waals surface area contributed by atoms with Gasteiger partial charge in [-0.1, -0.05) is 54.6 Å². The first-order valence-electron chi connectivity index (χ1n) is 9.99. The van der Waals surface area contributed by atoms with Crippen LogP contribution in [0.15, 0.2) is 34.7 Å². The van der Waals surface area contributed by atoms with Gasteiger partial charge in [0.2, 0.25) is 16.9 Å². The van der Waals surface area contributed by atoms with Gasteiger partial charge in [0.25, 0.3) is 0 Å². The zero-order valence-corrected chi connectivity index (χ0v) is 18.2. The molecule has 2 aromatic rings. The Kier molecular flexibility index (Phi) is 8.30. The van der Waals surface area contributed by atoms with Gasteiger partial charge in [0.05, 0.1) is 5.75 Å². The quantitative estimate of drug-likeness (QED) is 0.463. The smallest absolute Gasteiger partial charge is 0.233 e. The van der Waals surface area contributed by atoms with Crippen LogP contribution in [0.2, 0.25) is 0 Å². The summed E-state index contributed by atoms with van der Waals surface area (Å²) >= 11 is 2.91. The molecule has 1 aromatic carbocycles. The molecule has 1 aliphatic heterocycles. The molecule has 0 saturated carbocycles. The summed E-state index contributed by atoms with van der Waals surface area (Å²) in [5.74, 6) is 0.430. The van der Waals surface area contributed by atoms with Crippen molar-refractivity contribution in [3.63, 3.8) is 0 Å². The van der Waals surface area contributed by atoms with Crippen molar-refractivity contribution in [3.8, 4) is 0 Å². The average Bonchev–Trinajstić information content (AvgIpc) is 3.21. The van der Waals surface area contributed by atoms with Crippen LogP contribution >= 0.6 is 23.1 Å². The molecule has 2 heterocycles. The van der Waals surface area contributed by atoms with Gasteiger partial charge in [-0.25, -0.2) is 0 Å². The van der Waals surface area contributed by atoms with E-state index < -0.39 is 0 Å². The van der Waals surface area contributed by atoms with Crippen LogP contribution in [0.25, 0.3) is 0 Å². The summed E-state index contributed by atoms with van der Waals surface area (Å²) in [4.78, 5) is 26.8. The van der Waals surface area contributed by atoms with Crippen molar-refractivity contribution in [1.29, 1.82) is 0 Å². The van der Waals surface area contributed by atoms with Gasteiger partial charge in [-0.15, -0.1) is 10.2 Å². The summed E-state index contributed by atoms with van der Waals surface area (Å²) in [5.41, 5.74) is 0.813. The van der Waals surface area contributed by atoms with Crippen molar-refractivity contribution in [3.05, 3.63) is 30.3 Å². The van der Waals surface area contributed by atoms with Gasteiger partial charge < -0.3 is 15.5 Å². The van der Waals surface area contributed by atoms with Crippen LogP contribution in [0.4, 0.5) is 10.8 Å². The fourth-order valence-electron chi connectivity index (χ4n) is 3.08. The fourth-order valence-corrected chi connectivity index (χ4v) is 4.76. The number of likely N-dealkylation sites (tertiary alicyclic amines) is 1. The van der Waals surface area contributed by atoms with Crippen molar-refractivity contribution >= 4 is 45.7 Å². The number of carbonyl (C=O) groups is 2. The molecule has 0 spiro atoms. The topological polar surface area (TPSA) is 87.2 Å². The van der Waals surface area contributed by atoms with E-state index in [1.54, 1.807) is 0 Å². The molecule has 1 fully saturated rings. The number of para-hydroxylation sites is 1. The highest BCUT2D eigenvalue weighted by Gasteiger charge is 2.27. The van der Waals surface area contributed by atoms with Crippen LogP contribution in [0.5, 0.6) is 0 Å². The molecule has 7 nitrogen and oxygen atoms in total. The van der Waals surface area contributed by atoms with Crippen LogP contribution in [-0.2, 0) is 9.59 Å². The number of nitrogens with one attached hydrogen (secondary N) is 2. The normalized spacial score (nSPS) is 14.6. The summed E-state index contributed by atoms with van der Waals surface area (Å²) in [7, 11) is 0. The second-order valence-electron chi connectivity index (χ2n) is 6.95. The number of anilines is 2. The van der Waals surface area contributed by atoms with Gasteiger partial charge >= 0.3 is 0 Å². The minimum Gasteiger partial charge on any atom is -0.360 e. The molecular formula is C20H27N5O2S2. The summed E-state index contributed by atoms with van der Waals surface area (Å²) < 4.78 is 0.800. The number of nitrogens with zero attached hydrogens (tertiary/aromatic N) is 3. The van der Waals surface area contributed by atoms with Crippen LogP contribution < -0.4 is 10.6 Å². The number of aromatic nitrogens is 2. The molecule has 0 unspecified atom stereocenters. The minimum absolute atomic E-state index is 0.0367. The van der Waals surface area contributed by atoms with Gasteiger partial charge in [0.15, 0.2) is 4.34 Å². The lowest BCUT2D eigenvalue weighted by molar-refractivity contribution is -0.132. The standard InChI is InChI=1S/C20H27N5O2S2/c1-2-3-11-21-19-23-24-20(29-19)28-14-17(26)25-12-9-15(10-13-25)18(27)22-16-7-5-4-6-8-16/h4-8,15H,2-3,9-14H2,1H3,(H,21,23)(H,22,27). The number of amides is 2. The van der Waals surface area contributed by atoms with Gasteiger partial charge in [-0.05, 0) is 31.4 Å². The third-order valence-corrected chi connectivity index (χ3v) is 6.79. The molecule has 9 heteroatoms. The average molecular weight is 434 g/mol. The Balaban J connectivity index is 1.38. The summed E-state index contributed by atoms with van der Waals surface area (Å²) in [6.45, 7) is 4.27. The lowest BCUT2D eigenvalue weighted by Crippen LogP contribution is -2.42. The number of unbranched alkanes of at least 4 members (excludes halogenated alkanes) is 1. The van der Waals surface area contributed by atoms with E-state index in [2.05, 4.69) is 27.8 Å². The number of rotatable bonds is 9. The monoisotopic (exact) mass is 433 g/mol. The molecule has 1 saturated heterocycles. The van der Waals surface area contributed by atoms with Crippen LogP contribution in [0.1, 0.15) is 32.6 Å². The SMILES string of the molecule is CCCCNc1nnc(SCC(=O)N2CCC(C(=O)Nc3ccccc3)CC2)s1. The zero-order chi connectivity index (χ0) is 20.5. The van der Waals surface area contributed by atoms with Crippen molar-refractivity contribution in [2.75, 3.05) is 36.0 Å². The number of hydrogen-bond acceptors (Lipinski definition) is 7. The van der Waals surface area contributed by atoms with Crippen molar-refractivity contribution in [2.45, 2.75) is 36.9 Å². The first-order chi connectivity index (χ1) is 14.2. The number of benzene rings is 1. The number of carbonyl (C=O) groups excluding carboxylic acids is 2. The van der Waals surface area contributed by atoms with E-state index in [4.69, 9.17) is 0 Å². The predicted molar refractivity (Wildman–Crippen MR) is 118 cm³/mol. The third-order valence-electron chi connectivity index (χ3n) is 4.79. The van der Waals surface area contributed by atoms with Crippen LogP contribution in [0.3, 0.4) is 0 Å².